The van der Waals surface area contributed by atoms with Crippen LogP contribution in [0.2, 0.25) is 0 Å². The van der Waals surface area contributed by atoms with Crippen molar-refractivity contribution in [1.29, 1.82) is 0 Å². The SMILES string of the molecule is CN(CCOC(=O)C=CC(=O)c1ccc(F)cc1)C(C(=O)NC1CCCCC1)c1cccc(F)c1. The molecule has 2 aromatic rings. The van der Waals surface area contributed by atoms with Gasteiger partial charge in [-0.3, -0.25) is 14.5 Å². The Morgan fingerprint density at radius 2 is 1.74 bits per heavy atom. The maximum Gasteiger partial charge on any atom is 0.330 e. The van der Waals surface area contributed by atoms with Crippen LogP contribution in [0.25, 0.3) is 0 Å². The van der Waals surface area contributed by atoms with Gasteiger partial charge in [-0.1, -0.05) is 31.4 Å². The third kappa shape index (κ3) is 8.10. The van der Waals surface area contributed by atoms with E-state index in [9.17, 15) is 23.2 Å². The van der Waals surface area contributed by atoms with Crippen molar-refractivity contribution in [2.75, 3.05) is 20.2 Å². The quantitative estimate of drug-likeness (QED) is 0.308. The van der Waals surface area contributed by atoms with Gasteiger partial charge in [0.2, 0.25) is 5.91 Å². The number of hydrogen-bond acceptors (Lipinski definition) is 5. The molecule has 1 saturated carbocycles. The van der Waals surface area contributed by atoms with E-state index in [4.69, 9.17) is 4.74 Å². The average molecular weight is 485 g/mol. The van der Waals surface area contributed by atoms with E-state index in [1.807, 2.05) is 0 Å². The van der Waals surface area contributed by atoms with Crippen molar-refractivity contribution in [2.45, 2.75) is 44.2 Å². The number of amides is 1. The molecule has 8 heteroatoms. The summed E-state index contributed by atoms with van der Waals surface area (Å²) in [5.41, 5.74) is 0.758. The van der Waals surface area contributed by atoms with Crippen molar-refractivity contribution in [1.82, 2.24) is 10.2 Å². The number of benzene rings is 2. The predicted octanol–water partition coefficient (Wildman–Crippen LogP) is 4.37. The first-order valence-electron chi connectivity index (χ1n) is 11.7. The van der Waals surface area contributed by atoms with Gasteiger partial charge in [-0.05, 0) is 67.9 Å². The Labute approximate surface area is 204 Å². The molecule has 35 heavy (non-hydrogen) atoms. The van der Waals surface area contributed by atoms with Gasteiger partial charge >= 0.3 is 5.97 Å². The van der Waals surface area contributed by atoms with Gasteiger partial charge in [0.15, 0.2) is 5.78 Å². The second-order valence-electron chi connectivity index (χ2n) is 8.65. The van der Waals surface area contributed by atoms with Gasteiger partial charge in [0.1, 0.15) is 24.3 Å². The normalized spacial score (nSPS) is 15.2. The number of hydrogen-bond donors (Lipinski definition) is 1. The van der Waals surface area contributed by atoms with Gasteiger partial charge < -0.3 is 10.1 Å². The fourth-order valence-corrected chi connectivity index (χ4v) is 4.13. The van der Waals surface area contributed by atoms with Gasteiger partial charge in [0.25, 0.3) is 0 Å². The number of ketones is 1. The molecule has 6 nitrogen and oxygen atoms in total. The molecule has 0 spiro atoms. The molecule has 0 aliphatic heterocycles. The molecule has 2 aromatic carbocycles. The highest BCUT2D eigenvalue weighted by atomic mass is 19.1. The highest BCUT2D eigenvalue weighted by Gasteiger charge is 2.28. The minimum Gasteiger partial charge on any atom is -0.461 e. The highest BCUT2D eigenvalue weighted by Crippen LogP contribution is 2.23. The van der Waals surface area contributed by atoms with Crippen LogP contribution in [-0.4, -0.2) is 48.8 Å². The summed E-state index contributed by atoms with van der Waals surface area (Å²) >= 11 is 0. The van der Waals surface area contributed by atoms with Crippen LogP contribution in [0.1, 0.15) is 54.1 Å². The van der Waals surface area contributed by atoms with Crippen molar-refractivity contribution in [3.8, 4) is 0 Å². The lowest BCUT2D eigenvalue weighted by molar-refractivity contribution is -0.138. The maximum atomic E-state index is 13.9. The van der Waals surface area contributed by atoms with Gasteiger partial charge in [-0.25, -0.2) is 13.6 Å². The second kappa shape index (κ2) is 12.9. The zero-order valence-corrected chi connectivity index (χ0v) is 19.7. The van der Waals surface area contributed by atoms with Crippen LogP contribution >= 0.6 is 0 Å². The van der Waals surface area contributed by atoms with Crippen LogP contribution in [0.4, 0.5) is 8.78 Å². The molecule has 1 N–H and O–H groups in total. The van der Waals surface area contributed by atoms with Crippen LogP contribution in [0, 0.1) is 11.6 Å². The first kappa shape index (κ1) is 26.2. The molecular weight excluding hydrogens is 454 g/mol. The summed E-state index contributed by atoms with van der Waals surface area (Å²) in [4.78, 5) is 38.9. The number of likely N-dealkylation sites (N-methyl/N-ethyl adjacent to an activating group) is 1. The number of allylic oxidation sites excluding steroid dienone is 1. The summed E-state index contributed by atoms with van der Waals surface area (Å²) in [6.45, 7) is 0.178. The van der Waals surface area contributed by atoms with Gasteiger partial charge in [-0.2, -0.15) is 0 Å². The third-order valence-corrected chi connectivity index (χ3v) is 5.99. The van der Waals surface area contributed by atoms with E-state index >= 15 is 0 Å². The van der Waals surface area contributed by atoms with Gasteiger partial charge in [-0.15, -0.1) is 0 Å². The molecule has 186 valence electrons. The lowest BCUT2D eigenvalue weighted by Gasteiger charge is -2.30. The maximum absolute atomic E-state index is 13.9. The lowest BCUT2D eigenvalue weighted by atomic mass is 9.94. The third-order valence-electron chi connectivity index (χ3n) is 5.99. The van der Waals surface area contributed by atoms with E-state index in [0.29, 0.717) is 5.56 Å². The summed E-state index contributed by atoms with van der Waals surface area (Å²) in [6.07, 6.45) is 7.21. The number of ether oxygens (including phenoxy) is 1. The van der Waals surface area contributed by atoms with E-state index in [-0.39, 0.29) is 30.7 Å². The molecule has 1 amide bonds. The number of nitrogens with one attached hydrogen (secondary N) is 1. The van der Waals surface area contributed by atoms with E-state index < -0.39 is 29.4 Å². The lowest BCUT2D eigenvalue weighted by Crippen LogP contribution is -2.44. The van der Waals surface area contributed by atoms with Crippen LogP contribution in [0.15, 0.2) is 60.7 Å². The van der Waals surface area contributed by atoms with Crippen LogP contribution in [-0.2, 0) is 14.3 Å². The molecule has 0 saturated heterocycles. The van der Waals surface area contributed by atoms with E-state index in [1.54, 1.807) is 24.1 Å². The molecule has 0 heterocycles. The van der Waals surface area contributed by atoms with Gasteiger partial charge in [0.05, 0.1) is 0 Å². The molecule has 3 rings (SSSR count). The number of carbonyl (C=O) groups excluding carboxylic acids is 3. The monoisotopic (exact) mass is 484 g/mol. The molecule has 1 aliphatic carbocycles. The van der Waals surface area contributed by atoms with Crippen molar-refractivity contribution < 1.29 is 27.9 Å². The minimum atomic E-state index is -0.748. The first-order chi connectivity index (χ1) is 16.8. The number of rotatable bonds is 10. The Bertz CT molecular complexity index is 1050. The van der Waals surface area contributed by atoms with Crippen molar-refractivity contribution >= 4 is 17.7 Å². The molecule has 0 aromatic heterocycles. The number of carbonyl (C=O) groups is 3. The summed E-state index contributed by atoms with van der Waals surface area (Å²) < 4.78 is 32.0. The first-order valence-corrected chi connectivity index (χ1v) is 11.7. The van der Waals surface area contributed by atoms with Crippen LogP contribution < -0.4 is 5.32 Å². The highest BCUT2D eigenvalue weighted by molar-refractivity contribution is 6.06. The topological polar surface area (TPSA) is 75.7 Å². The van der Waals surface area contributed by atoms with E-state index in [2.05, 4.69) is 5.32 Å². The molecule has 1 atom stereocenters. The Kier molecular flexibility index (Phi) is 9.66. The Balaban J connectivity index is 1.56. The average Bonchev–Trinajstić information content (AvgIpc) is 2.84. The minimum absolute atomic E-state index is 0.0348. The Morgan fingerprint density at radius 1 is 1.03 bits per heavy atom. The van der Waals surface area contributed by atoms with Crippen molar-refractivity contribution in [3.63, 3.8) is 0 Å². The molecule has 1 fully saturated rings. The molecule has 1 aliphatic rings. The summed E-state index contributed by atoms with van der Waals surface area (Å²) in [5, 5.41) is 3.09. The summed E-state index contributed by atoms with van der Waals surface area (Å²) in [6, 6.07) is 10.2. The summed E-state index contributed by atoms with van der Waals surface area (Å²) in [7, 11) is 1.71. The van der Waals surface area contributed by atoms with Crippen molar-refractivity contribution in [3.05, 3.63) is 83.4 Å². The Hall–Kier alpha value is -3.39. The number of nitrogens with zero attached hydrogens (tertiary/aromatic N) is 1. The van der Waals surface area contributed by atoms with Gasteiger partial charge in [0, 0.05) is 24.2 Å². The molecule has 0 bridgehead atoms. The molecular formula is C27H30F2N2O4. The molecule has 1 unspecified atom stereocenters. The fraction of sp³-hybridized carbons (Fsp3) is 0.370. The smallest absolute Gasteiger partial charge is 0.330 e. The van der Waals surface area contributed by atoms with Crippen LogP contribution in [0.5, 0.6) is 0 Å². The largest absolute Gasteiger partial charge is 0.461 e. The fourth-order valence-electron chi connectivity index (χ4n) is 4.13. The van der Waals surface area contributed by atoms with E-state index in [0.717, 1.165) is 56.4 Å². The van der Waals surface area contributed by atoms with Crippen molar-refractivity contribution in [2.24, 2.45) is 0 Å². The standard InChI is InChI=1S/C27H30F2N2O4/c1-31(16-17-35-25(33)15-14-24(32)19-10-12-21(28)13-11-19)26(20-6-5-7-22(29)18-20)27(34)30-23-8-3-2-4-9-23/h5-7,10-15,18,23,26H,2-4,8-9,16-17H2,1H3,(H,30,34). The number of esters is 1. The Morgan fingerprint density at radius 3 is 2.43 bits per heavy atom. The molecule has 0 radical (unpaired) electrons. The predicted molar refractivity (Wildman–Crippen MR) is 128 cm³/mol. The second-order valence-corrected chi connectivity index (χ2v) is 8.65. The zero-order chi connectivity index (χ0) is 25.2. The summed E-state index contributed by atoms with van der Waals surface area (Å²) in [5.74, 6) is -2.29. The van der Waals surface area contributed by atoms with E-state index in [1.165, 1.54) is 24.3 Å². The number of halogens is 2. The zero-order valence-electron chi connectivity index (χ0n) is 19.7. The van der Waals surface area contributed by atoms with Crippen LogP contribution in [0.3, 0.4) is 0 Å².